The molecule has 42 heavy (non-hydrogen) atoms. The highest BCUT2D eigenvalue weighted by atomic mass is 16.2. The van der Waals surface area contributed by atoms with Crippen molar-refractivity contribution in [3.8, 4) is 17.2 Å². The van der Waals surface area contributed by atoms with E-state index in [1.54, 1.807) is 7.05 Å². The first-order chi connectivity index (χ1) is 20.2. The average Bonchev–Trinajstić information content (AvgIpc) is 3.69. The fraction of sp³-hybridized carbons (Fsp3) is 0.294. The van der Waals surface area contributed by atoms with Gasteiger partial charge in [0.2, 0.25) is 11.8 Å². The standard InChI is InChI=1S/C34H33N5O3/c1-21(2)15-30(32(41)39-20-34(18-25(39)19-35)26-11-7-8-12-27(26)37-33(34)42)38(3)31(40)29-17-24-14-13-23(16-28(24)36-29)22-9-5-4-6-10-22/h4-14,16-17,21,25,30,36H,15,18,20H2,1-3H3,(H,37,42)/t25-,30-,34-/m0/s1. The van der Waals surface area contributed by atoms with Crippen molar-refractivity contribution in [3.05, 3.63) is 90.1 Å². The number of fused-ring (bicyclic) bond motifs is 3. The van der Waals surface area contributed by atoms with Gasteiger partial charge >= 0.3 is 0 Å². The van der Waals surface area contributed by atoms with Gasteiger partial charge in [0, 0.05) is 36.6 Å². The number of aromatic amines is 1. The maximum atomic E-state index is 14.2. The van der Waals surface area contributed by atoms with Gasteiger partial charge in [-0.25, -0.2) is 0 Å². The van der Waals surface area contributed by atoms with Crippen molar-refractivity contribution in [2.45, 2.75) is 44.2 Å². The summed E-state index contributed by atoms with van der Waals surface area (Å²) in [7, 11) is 1.64. The number of benzene rings is 3. The Morgan fingerprint density at radius 3 is 2.52 bits per heavy atom. The molecule has 0 aliphatic carbocycles. The molecular weight excluding hydrogens is 526 g/mol. The summed E-state index contributed by atoms with van der Waals surface area (Å²) in [5, 5.41) is 13.9. The monoisotopic (exact) mass is 559 g/mol. The molecule has 2 aliphatic heterocycles. The lowest BCUT2D eigenvalue weighted by Crippen LogP contribution is -2.52. The molecule has 0 saturated carbocycles. The van der Waals surface area contributed by atoms with Crippen LogP contribution in [0, 0.1) is 17.2 Å². The van der Waals surface area contributed by atoms with Crippen LogP contribution in [0.4, 0.5) is 5.69 Å². The summed E-state index contributed by atoms with van der Waals surface area (Å²) >= 11 is 0. The largest absolute Gasteiger partial charge is 0.351 e. The fourth-order valence-electron chi connectivity index (χ4n) is 6.43. The Kier molecular flexibility index (Phi) is 6.82. The first kappa shape index (κ1) is 27.3. The van der Waals surface area contributed by atoms with Crippen LogP contribution in [0.3, 0.4) is 0 Å². The van der Waals surface area contributed by atoms with Crippen molar-refractivity contribution in [2.75, 3.05) is 18.9 Å². The van der Waals surface area contributed by atoms with Crippen LogP contribution < -0.4 is 5.32 Å². The van der Waals surface area contributed by atoms with Crippen LogP contribution in [0.25, 0.3) is 22.0 Å². The zero-order valence-electron chi connectivity index (χ0n) is 23.9. The van der Waals surface area contributed by atoms with Crippen molar-refractivity contribution in [1.82, 2.24) is 14.8 Å². The van der Waals surface area contributed by atoms with Gasteiger partial charge in [-0.05, 0) is 47.2 Å². The zero-order valence-corrected chi connectivity index (χ0v) is 23.9. The molecule has 1 saturated heterocycles. The molecule has 0 unspecified atom stereocenters. The predicted molar refractivity (Wildman–Crippen MR) is 162 cm³/mol. The maximum Gasteiger partial charge on any atom is 0.270 e. The number of carbonyl (C=O) groups is 3. The van der Waals surface area contributed by atoms with Crippen molar-refractivity contribution in [3.63, 3.8) is 0 Å². The Morgan fingerprint density at radius 1 is 1.05 bits per heavy atom. The molecule has 0 bridgehead atoms. The Morgan fingerprint density at radius 2 is 1.79 bits per heavy atom. The number of hydrogen-bond donors (Lipinski definition) is 2. The second-order valence-electron chi connectivity index (χ2n) is 11.8. The number of likely N-dealkylation sites (tertiary alicyclic amines) is 1. The van der Waals surface area contributed by atoms with Crippen LogP contribution in [0.5, 0.6) is 0 Å². The molecule has 6 rings (SSSR count). The van der Waals surface area contributed by atoms with Crippen LogP contribution in [-0.4, -0.2) is 58.2 Å². The Balaban J connectivity index is 1.29. The van der Waals surface area contributed by atoms with E-state index in [1.165, 1.54) is 9.80 Å². The van der Waals surface area contributed by atoms with E-state index in [0.717, 1.165) is 27.6 Å². The molecule has 1 spiro atoms. The number of nitrogens with zero attached hydrogens (tertiary/aromatic N) is 3. The number of nitrogens with one attached hydrogen (secondary N) is 2. The number of likely N-dealkylation sites (N-methyl/N-ethyl adjacent to an activating group) is 1. The van der Waals surface area contributed by atoms with Crippen LogP contribution in [0.1, 0.15) is 42.7 Å². The van der Waals surface area contributed by atoms with E-state index >= 15 is 0 Å². The minimum absolute atomic E-state index is 0.0954. The van der Waals surface area contributed by atoms with Crippen molar-refractivity contribution in [1.29, 1.82) is 5.26 Å². The summed E-state index contributed by atoms with van der Waals surface area (Å²) in [4.78, 5) is 47.5. The van der Waals surface area contributed by atoms with Crippen molar-refractivity contribution < 1.29 is 14.4 Å². The Bertz CT molecular complexity index is 1740. The third-order valence-corrected chi connectivity index (χ3v) is 8.64. The van der Waals surface area contributed by atoms with Gasteiger partial charge in [-0.2, -0.15) is 5.26 Å². The topological polar surface area (TPSA) is 109 Å². The minimum Gasteiger partial charge on any atom is -0.351 e. The summed E-state index contributed by atoms with van der Waals surface area (Å²) in [6.07, 6.45) is 0.639. The number of nitriles is 1. The first-order valence-corrected chi connectivity index (χ1v) is 14.3. The normalized spacial score (nSPS) is 20.0. The highest BCUT2D eigenvalue weighted by Gasteiger charge is 2.56. The lowest BCUT2D eigenvalue weighted by molar-refractivity contribution is -0.136. The van der Waals surface area contributed by atoms with E-state index in [2.05, 4.69) is 16.4 Å². The van der Waals surface area contributed by atoms with Gasteiger partial charge in [0.1, 0.15) is 17.8 Å². The molecule has 2 aliphatic rings. The third-order valence-electron chi connectivity index (χ3n) is 8.64. The van der Waals surface area contributed by atoms with Crippen LogP contribution in [0.2, 0.25) is 0 Å². The predicted octanol–water partition coefficient (Wildman–Crippen LogP) is 5.34. The molecule has 1 aromatic heterocycles. The SMILES string of the molecule is CC(C)C[C@@H](C(=O)N1C[C@]2(C[C@H]1C#N)C(=O)Nc1ccccc12)N(C)C(=O)c1cc2ccc(-c3ccccc3)cc2[nH]1. The fourth-order valence-corrected chi connectivity index (χ4v) is 6.43. The van der Waals surface area contributed by atoms with E-state index in [1.807, 2.05) is 92.7 Å². The molecular formula is C34H33N5O3. The smallest absolute Gasteiger partial charge is 0.270 e. The van der Waals surface area contributed by atoms with Gasteiger partial charge in [-0.15, -0.1) is 0 Å². The summed E-state index contributed by atoms with van der Waals surface area (Å²) in [6, 6.07) is 26.0. The van der Waals surface area contributed by atoms with Gasteiger partial charge in [0.25, 0.3) is 5.91 Å². The first-order valence-electron chi connectivity index (χ1n) is 14.3. The Labute approximate surface area is 244 Å². The average molecular weight is 560 g/mol. The summed E-state index contributed by atoms with van der Waals surface area (Å²) in [6.45, 7) is 4.10. The number of carbonyl (C=O) groups excluding carboxylic acids is 3. The number of rotatable bonds is 6. The summed E-state index contributed by atoms with van der Waals surface area (Å²) in [5.74, 6) is -0.713. The second-order valence-corrected chi connectivity index (χ2v) is 11.8. The number of H-pyrrole nitrogens is 1. The number of amides is 3. The number of anilines is 1. The van der Waals surface area contributed by atoms with Gasteiger partial charge in [-0.3, -0.25) is 14.4 Å². The van der Waals surface area contributed by atoms with E-state index < -0.39 is 17.5 Å². The molecule has 4 aromatic rings. The molecule has 8 nitrogen and oxygen atoms in total. The van der Waals surface area contributed by atoms with Gasteiger partial charge in [0.15, 0.2) is 0 Å². The lowest BCUT2D eigenvalue weighted by atomic mass is 9.80. The Hall–Kier alpha value is -4.90. The van der Waals surface area contributed by atoms with Gasteiger partial charge in [0.05, 0.1) is 11.5 Å². The number of para-hydroxylation sites is 1. The summed E-state index contributed by atoms with van der Waals surface area (Å²) in [5.41, 5.74) is 3.88. The number of aromatic nitrogens is 1. The van der Waals surface area contributed by atoms with E-state index in [9.17, 15) is 19.6 Å². The van der Waals surface area contributed by atoms with Gasteiger partial charge in [-0.1, -0.05) is 74.5 Å². The zero-order chi connectivity index (χ0) is 29.6. The van der Waals surface area contributed by atoms with Crippen molar-refractivity contribution in [2.24, 2.45) is 5.92 Å². The van der Waals surface area contributed by atoms with E-state index in [4.69, 9.17) is 0 Å². The lowest BCUT2D eigenvalue weighted by Gasteiger charge is -2.33. The molecule has 0 radical (unpaired) electrons. The molecule has 2 N–H and O–H groups in total. The molecule has 8 heteroatoms. The van der Waals surface area contributed by atoms with E-state index in [-0.39, 0.29) is 36.6 Å². The van der Waals surface area contributed by atoms with E-state index in [0.29, 0.717) is 17.8 Å². The molecule has 3 amide bonds. The molecule has 3 atom stereocenters. The van der Waals surface area contributed by atoms with Gasteiger partial charge < -0.3 is 20.1 Å². The summed E-state index contributed by atoms with van der Waals surface area (Å²) < 4.78 is 0. The molecule has 3 aromatic carbocycles. The highest BCUT2D eigenvalue weighted by molar-refractivity contribution is 6.07. The number of hydrogen-bond acceptors (Lipinski definition) is 4. The second kappa shape index (κ2) is 10.5. The maximum absolute atomic E-state index is 14.2. The molecule has 3 heterocycles. The van der Waals surface area contributed by atoms with Crippen LogP contribution in [-0.2, 0) is 15.0 Å². The quantitative estimate of drug-likeness (QED) is 0.333. The van der Waals surface area contributed by atoms with Crippen molar-refractivity contribution >= 4 is 34.3 Å². The molecule has 1 fully saturated rings. The highest BCUT2D eigenvalue weighted by Crippen LogP contribution is 2.46. The molecule has 212 valence electrons. The minimum atomic E-state index is -0.981. The van der Waals surface area contributed by atoms with Crippen LogP contribution in [0.15, 0.2) is 78.9 Å². The van der Waals surface area contributed by atoms with Crippen LogP contribution >= 0.6 is 0 Å². The third kappa shape index (κ3) is 4.51.